The van der Waals surface area contributed by atoms with Gasteiger partial charge in [-0.1, -0.05) is 13.8 Å². The lowest BCUT2D eigenvalue weighted by atomic mass is 9.78. The molecule has 1 atom stereocenters. The lowest BCUT2D eigenvalue weighted by Crippen LogP contribution is -2.66. The fraction of sp³-hybridized carbons (Fsp3) is 0.550. The average molecular weight is 397 g/mol. The van der Waals surface area contributed by atoms with E-state index in [0.717, 1.165) is 43.4 Å². The number of nitrogens with two attached hydrogens (primary N) is 1. The van der Waals surface area contributed by atoms with Gasteiger partial charge in [0.1, 0.15) is 11.2 Å². The molecule has 5 rings (SSSR count). The Morgan fingerprint density at radius 1 is 1.28 bits per heavy atom. The van der Waals surface area contributed by atoms with E-state index in [1.54, 1.807) is 4.57 Å². The molecule has 9 nitrogen and oxygen atoms in total. The van der Waals surface area contributed by atoms with Gasteiger partial charge in [0.25, 0.3) is 5.56 Å². The maximum Gasteiger partial charge on any atom is 0.264 e. The van der Waals surface area contributed by atoms with Gasteiger partial charge in [0.15, 0.2) is 5.82 Å². The molecule has 154 valence electrons. The molecule has 3 N–H and O–H groups in total. The van der Waals surface area contributed by atoms with Crippen LogP contribution in [0.3, 0.4) is 0 Å². The smallest absolute Gasteiger partial charge is 0.264 e. The van der Waals surface area contributed by atoms with Crippen LogP contribution in [0.1, 0.15) is 26.8 Å². The summed E-state index contributed by atoms with van der Waals surface area (Å²) >= 11 is 0. The first-order chi connectivity index (χ1) is 13.8. The van der Waals surface area contributed by atoms with Crippen LogP contribution in [-0.4, -0.2) is 50.8 Å². The molecule has 0 unspecified atom stereocenters. The minimum atomic E-state index is -0.123. The number of nitrogens with one attached hydrogen (secondary N) is 1. The van der Waals surface area contributed by atoms with Crippen LogP contribution in [0.25, 0.3) is 22.2 Å². The number of H-pyrrole nitrogens is 1. The van der Waals surface area contributed by atoms with E-state index in [1.165, 1.54) is 0 Å². The van der Waals surface area contributed by atoms with Crippen molar-refractivity contribution in [3.8, 4) is 11.3 Å². The molecule has 0 amide bonds. The number of nitrogen functional groups attached to an aromatic ring is 1. The average Bonchev–Trinajstić information content (AvgIpc) is 3.16. The van der Waals surface area contributed by atoms with Crippen LogP contribution >= 0.6 is 0 Å². The van der Waals surface area contributed by atoms with Crippen LogP contribution in [0.15, 0.2) is 17.1 Å². The molecule has 0 radical (unpaired) electrons. The van der Waals surface area contributed by atoms with Gasteiger partial charge in [-0.15, -0.1) is 0 Å². The van der Waals surface area contributed by atoms with E-state index in [4.69, 9.17) is 15.6 Å². The first-order valence-corrected chi connectivity index (χ1v) is 10.1. The van der Waals surface area contributed by atoms with Crippen molar-refractivity contribution < 1.29 is 4.74 Å². The highest BCUT2D eigenvalue weighted by Gasteiger charge is 2.49. The molecule has 2 aliphatic heterocycles. The van der Waals surface area contributed by atoms with E-state index in [-0.39, 0.29) is 17.4 Å². The summed E-state index contributed by atoms with van der Waals surface area (Å²) in [4.78, 5) is 15.4. The zero-order valence-corrected chi connectivity index (χ0v) is 17.3. The lowest BCUT2D eigenvalue weighted by Gasteiger charge is -2.55. The highest BCUT2D eigenvalue weighted by Crippen LogP contribution is 2.41. The monoisotopic (exact) mass is 397 g/mol. The molecular formula is C20H27N7O2. The second-order valence-corrected chi connectivity index (χ2v) is 8.96. The molecule has 0 bridgehead atoms. The number of hydrogen-bond acceptors (Lipinski definition) is 6. The van der Waals surface area contributed by atoms with Crippen molar-refractivity contribution in [2.75, 3.05) is 36.9 Å². The van der Waals surface area contributed by atoms with E-state index < -0.39 is 0 Å². The molecule has 3 aromatic rings. The fourth-order valence-electron chi connectivity index (χ4n) is 4.36. The molecule has 2 saturated heterocycles. The number of rotatable bonds is 4. The molecule has 1 spiro atoms. The number of ether oxygens (including phenoxy) is 1. The van der Waals surface area contributed by atoms with E-state index in [2.05, 4.69) is 35.0 Å². The van der Waals surface area contributed by atoms with E-state index >= 15 is 0 Å². The van der Waals surface area contributed by atoms with Crippen LogP contribution < -0.4 is 16.2 Å². The minimum Gasteiger partial charge on any atom is -0.382 e. The van der Waals surface area contributed by atoms with Gasteiger partial charge >= 0.3 is 0 Å². The number of aromatic nitrogens is 5. The van der Waals surface area contributed by atoms with Gasteiger partial charge in [0, 0.05) is 44.0 Å². The van der Waals surface area contributed by atoms with Crippen LogP contribution in [-0.2, 0) is 11.8 Å². The number of pyridine rings is 1. The van der Waals surface area contributed by atoms with Gasteiger partial charge in [-0.05, 0) is 12.8 Å². The second kappa shape index (κ2) is 6.09. The molecule has 2 fully saturated rings. The highest BCUT2D eigenvalue weighted by molar-refractivity contribution is 5.97. The third-order valence-electron chi connectivity index (χ3n) is 6.51. The van der Waals surface area contributed by atoms with Crippen molar-refractivity contribution in [1.29, 1.82) is 0 Å². The predicted octanol–water partition coefficient (Wildman–Crippen LogP) is 1.76. The van der Waals surface area contributed by atoms with Crippen molar-refractivity contribution in [2.45, 2.75) is 26.8 Å². The summed E-state index contributed by atoms with van der Waals surface area (Å²) in [6, 6.07) is 2.10. The number of nitrogens with zero attached hydrogens (tertiary/aromatic N) is 5. The maximum absolute atomic E-state index is 13.1. The van der Waals surface area contributed by atoms with Gasteiger partial charge in [-0.2, -0.15) is 10.2 Å². The molecule has 0 aromatic carbocycles. The standard InChI is InChI=1S/C20H27N7O2/c1-11(2)12(3)27-6-13(17-16(19(27)28)18(21)23-22-17)14-5-15(25(4)24-14)26-7-20(8-26)9-29-10-20/h5-6,11-12H,7-10H2,1-4H3,(H3,21,22,23)/t12-/m0/s1. The van der Waals surface area contributed by atoms with Crippen molar-refractivity contribution in [1.82, 2.24) is 24.5 Å². The van der Waals surface area contributed by atoms with Gasteiger partial charge in [0.2, 0.25) is 0 Å². The Hall–Kier alpha value is -2.81. The SMILES string of the molecule is CC(C)[C@H](C)n1cc(-c2cc(N3CC4(COC4)C3)n(C)n2)c2[nH]nc(N)c2c1=O. The Kier molecular flexibility index (Phi) is 3.83. The highest BCUT2D eigenvalue weighted by atomic mass is 16.5. The third kappa shape index (κ3) is 2.60. The molecular weight excluding hydrogens is 370 g/mol. The molecule has 5 heterocycles. The summed E-state index contributed by atoms with van der Waals surface area (Å²) < 4.78 is 9.04. The Morgan fingerprint density at radius 2 is 2.00 bits per heavy atom. The van der Waals surface area contributed by atoms with Gasteiger partial charge in [-0.25, -0.2) is 0 Å². The maximum atomic E-state index is 13.1. The normalized spacial score (nSPS) is 19.0. The third-order valence-corrected chi connectivity index (χ3v) is 6.51. The quantitative estimate of drug-likeness (QED) is 0.695. The Morgan fingerprint density at radius 3 is 2.62 bits per heavy atom. The minimum absolute atomic E-state index is 0.0250. The van der Waals surface area contributed by atoms with Gasteiger partial charge < -0.3 is 19.9 Å². The topological polar surface area (TPSA) is 107 Å². The number of aromatic amines is 1. The van der Waals surface area contributed by atoms with Crippen molar-refractivity contribution in [2.24, 2.45) is 18.4 Å². The molecule has 9 heteroatoms. The zero-order valence-electron chi connectivity index (χ0n) is 17.3. The number of fused-ring (bicyclic) bond motifs is 1. The summed E-state index contributed by atoms with van der Waals surface area (Å²) in [5.41, 5.74) is 8.51. The molecule has 0 aliphatic carbocycles. The van der Waals surface area contributed by atoms with Crippen LogP contribution in [0.5, 0.6) is 0 Å². The number of anilines is 2. The van der Waals surface area contributed by atoms with Crippen LogP contribution in [0.2, 0.25) is 0 Å². The molecule has 0 saturated carbocycles. The summed E-state index contributed by atoms with van der Waals surface area (Å²) in [6.07, 6.45) is 1.89. The Labute approximate surface area is 168 Å². The van der Waals surface area contributed by atoms with E-state index in [9.17, 15) is 4.79 Å². The van der Waals surface area contributed by atoms with Crippen molar-refractivity contribution in [3.63, 3.8) is 0 Å². The van der Waals surface area contributed by atoms with Crippen LogP contribution in [0, 0.1) is 11.3 Å². The molecule has 3 aromatic heterocycles. The van der Waals surface area contributed by atoms with E-state index in [1.807, 2.05) is 24.9 Å². The summed E-state index contributed by atoms with van der Waals surface area (Å²) in [6.45, 7) is 9.91. The Balaban J connectivity index is 1.61. The first-order valence-electron chi connectivity index (χ1n) is 10.1. The molecule has 29 heavy (non-hydrogen) atoms. The second-order valence-electron chi connectivity index (χ2n) is 8.96. The van der Waals surface area contributed by atoms with Crippen molar-refractivity contribution >= 4 is 22.5 Å². The van der Waals surface area contributed by atoms with Gasteiger partial charge in [-0.3, -0.25) is 14.6 Å². The number of hydrogen-bond donors (Lipinski definition) is 2. The Bertz CT molecular complexity index is 1140. The van der Waals surface area contributed by atoms with Crippen molar-refractivity contribution in [3.05, 3.63) is 22.6 Å². The number of aryl methyl sites for hydroxylation is 1. The summed E-state index contributed by atoms with van der Waals surface area (Å²) in [5.74, 6) is 1.59. The predicted molar refractivity (Wildman–Crippen MR) is 112 cm³/mol. The summed E-state index contributed by atoms with van der Waals surface area (Å²) in [7, 11) is 1.95. The van der Waals surface area contributed by atoms with Crippen LogP contribution in [0.4, 0.5) is 11.6 Å². The first kappa shape index (κ1) is 18.2. The molecule has 2 aliphatic rings. The van der Waals surface area contributed by atoms with Gasteiger partial charge in [0.05, 0.1) is 29.8 Å². The lowest BCUT2D eigenvalue weighted by molar-refractivity contribution is -0.127. The fourth-order valence-corrected chi connectivity index (χ4v) is 4.36. The van der Waals surface area contributed by atoms with E-state index in [0.29, 0.717) is 22.2 Å². The largest absolute Gasteiger partial charge is 0.382 e. The summed E-state index contributed by atoms with van der Waals surface area (Å²) in [5, 5.41) is 12.2. The zero-order chi connectivity index (χ0) is 20.5.